The van der Waals surface area contributed by atoms with Crippen LogP contribution in [0, 0.1) is 12.8 Å². The van der Waals surface area contributed by atoms with Crippen molar-refractivity contribution in [3.63, 3.8) is 0 Å². The third-order valence-corrected chi connectivity index (χ3v) is 6.88. The molecule has 0 unspecified atom stereocenters. The minimum absolute atomic E-state index is 0.0536. The SMILES string of the molecule is Cc1ccc(CNC(=O)Cn2cnc3nc(N4CCC[C@@H](C(=O)NC(C)C)C4)sc3c2=O)cc1. The highest BCUT2D eigenvalue weighted by Crippen LogP contribution is 2.29. The Kier molecular flexibility index (Phi) is 7.26. The summed E-state index contributed by atoms with van der Waals surface area (Å²) in [5.41, 5.74) is 2.23. The van der Waals surface area contributed by atoms with Crippen LogP contribution in [0.1, 0.15) is 37.8 Å². The van der Waals surface area contributed by atoms with Crippen LogP contribution in [0.4, 0.5) is 5.13 Å². The summed E-state index contributed by atoms with van der Waals surface area (Å²) in [5.74, 6) is -0.313. The highest BCUT2D eigenvalue weighted by atomic mass is 32.1. The number of benzene rings is 1. The monoisotopic (exact) mass is 482 g/mol. The Bertz CT molecular complexity index is 1230. The standard InChI is InChI=1S/C24H30N6O3S/c1-15(2)27-22(32)18-5-4-10-29(12-18)24-28-21-20(34-24)23(33)30(14-26-21)13-19(31)25-11-17-8-6-16(3)7-9-17/h6-9,14-15,18H,4-5,10-13H2,1-3H3,(H,25,31)(H,27,32)/t18-/m1/s1. The van der Waals surface area contributed by atoms with Crippen LogP contribution in [-0.2, 0) is 22.7 Å². The van der Waals surface area contributed by atoms with Gasteiger partial charge in [0.15, 0.2) is 10.8 Å². The van der Waals surface area contributed by atoms with Gasteiger partial charge < -0.3 is 15.5 Å². The number of carbonyl (C=O) groups excluding carboxylic acids is 2. The molecule has 0 aliphatic carbocycles. The number of carbonyl (C=O) groups is 2. The molecule has 1 aromatic carbocycles. The summed E-state index contributed by atoms with van der Waals surface area (Å²) < 4.78 is 1.72. The van der Waals surface area contributed by atoms with Crippen LogP contribution in [0.2, 0.25) is 0 Å². The van der Waals surface area contributed by atoms with Crippen molar-refractivity contribution in [3.05, 3.63) is 52.1 Å². The molecule has 1 fully saturated rings. The number of anilines is 1. The van der Waals surface area contributed by atoms with Crippen molar-refractivity contribution < 1.29 is 9.59 Å². The summed E-state index contributed by atoms with van der Waals surface area (Å²) in [4.78, 5) is 48.8. The zero-order valence-corrected chi connectivity index (χ0v) is 20.5. The van der Waals surface area contributed by atoms with E-state index in [0.29, 0.717) is 28.6 Å². The topological polar surface area (TPSA) is 109 Å². The van der Waals surface area contributed by atoms with Crippen LogP contribution in [-0.4, -0.2) is 45.5 Å². The summed E-state index contributed by atoms with van der Waals surface area (Å²) in [7, 11) is 0. The molecule has 0 radical (unpaired) electrons. The van der Waals surface area contributed by atoms with E-state index < -0.39 is 0 Å². The molecule has 4 rings (SSSR count). The van der Waals surface area contributed by atoms with Crippen molar-refractivity contribution in [2.24, 2.45) is 5.92 Å². The number of thiazole rings is 1. The van der Waals surface area contributed by atoms with E-state index in [1.165, 1.54) is 22.2 Å². The lowest BCUT2D eigenvalue weighted by Gasteiger charge is -2.32. The van der Waals surface area contributed by atoms with Gasteiger partial charge in [-0.1, -0.05) is 41.2 Å². The van der Waals surface area contributed by atoms with E-state index >= 15 is 0 Å². The van der Waals surface area contributed by atoms with Gasteiger partial charge in [0.25, 0.3) is 5.56 Å². The first-order valence-electron chi connectivity index (χ1n) is 11.5. The van der Waals surface area contributed by atoms with Crippen LogP contribution in [0.25, 0.3) is 10.3 Å². The Morgan fingerprint density at radius 2 is 2.00 bits per heavy atom. The number of nitrogens with one attached hydrogen (secondary N) is 2. The molecule has 0 bridgehead atoms. The van der Waals surface area contributed by atoms with Crippen molar-refractivity contribution in [3.8, 4) is 0 Å². The maximum absolute atomic E-state index is 13.0. The Morgan fingerprint density at radius 3 is 2.74 bits per heavy atom. The molecule has 9 nitrogen and oxygen atoms in total. The second kappa shape index (κ2) is 10.3. The van der Waals surface area contributed by atoms with Crippen molar-refractivity contribution >= 4 is 38.6 Å². The summed E-state index contributed by atoms with van der Waals surface area (Å²) in [6, 6.07) is 8.01. The van der Waals surface area contributed by atoms with Crippen molar-refractivity contribution in [2.75, 3.05) is 18.0 Å². The maximum atomic E-state index is 13.0. The van der Waals surface area contributed by atoms with Gasteiger partial charge in [-0.2, -0.15) is 4.98 Å². The number of hydrogen-bond donors (Lipinski definition) is 2. The van der Waals surface area contributed by atoms with Gasteiger partial charge in [-0.25, -0.2) is 4.98 Å². The quantitative estimate of drug-likeness (QED) is 0.535. The molecule has 2 amide bonds. The molecule has 2 N–H and O–H groups in total. The normalized spacial score (nSPS) is 16.1. The number of aryl methyl sites for hydroxylation is 1. The zero-order valence-electron chi connectivity index (χ0n) is 19.7. The van der Waals surface area contributed by atoms with Gasteiger partial charge in [0.2, 0.25) is 11.8 Å². The molecule has 1 aliphatic rings. The minimum Gasteiger partial charge on any atom is -0.354 e. The van der Waals surface area contributed by atoms with Gasteiger partial charge in [-0.3, -0.25) is 19.0 Å². The number of fused-ring (bicyclic) bond motifs is 1. The molecule has 3 heterocycles. The Morgan fingerprint density at radius 1 is 1.24 bits per heavy atom. The minimum atomic E-state index is -0.287. The Hall–Kier alpha value is -3.27. The number of amides is 2. The average molecular weight is 483 g/mol. The van der Waals surface area contributed by atoms with E-state index in [1.54, 1.807) is 0 Å². The fraction of sp³-hybridized carbons (Fsp3) is 0.458. The summed E-state index contributed by atoms with van der Waals surface area (Å²) in [6.07, 6.45) is 3.09. The van der Waals surface area contributed by atoms with Gasteiger partial charge in [0.05, 0.1) is 5.92 Å². The van der Waals surface area contributed by atoms with E-state index in [0.717, 1.165) is 30.5 Å². The lowest BCUT2D eigenvalue weighted by molar-refractivity contribution is -0.125. The Labute approximate surface area is 202 Å². The van der Waals surface area contributed by atoms with Gasteiger partial charge >= 0.3 is 0 Å². The first-order valence-corrected chi connectivity index (χ1v) is 12.4. The zero-order chi connectivity index (χ0) is 24.2. The van der Waals surface area contributed by atoms with Crippen molar-refractivity contribution in [2.45, 2.75) is 52.7 Å². The number of hydrogen-bond acceptors (Lipinski definition) is 7. The average Bonchev–Trinajstić information content (AvgIpc) is 3.26. The highest BCUT2D eigenvalue weighted by molar-refractivity contribution is 7.22. The number of nitrogens with zero attached hydrogens (tertiary/aromatic N) is 4. The third-order valence-electron chi connectivity index (χ3n) is 5.79. The molecule has 2 aromatic heterocycles. The highest BCUT2D eigenvalue weighted by Gasteiger charge is 2.28. The maximum Gasteiger partial charge on any atom is 0.273 e. The molecule has 3 aromatic rings. The predicted molar refractivity (Wildman–Crippen MR) is 133 cm³/mol. The molecule has 1 saturated heterocycles. The van der Waals surface area contributed by atoms with E-state index in [-0.39, 0.29) is 35.9 Å². The molecule has 1 aliphatic heterocycles. The van der Waals surface area contributed by atoms with E-state index in [2.05, 4.69) is 25.5 Å². The molecule has 10 heteroatoms. The molecular formula is C24H30N6O3S. The van der Waals surface area contributed by atoms with Crippen LogP contribution < -0.4 is 21.1 Å². The van der Waals surface area contributed by atoms with E-state index in [4.69, 9.17) is 0 Å². The number of rotatable bonds is 7. The molecule has 1 atom stereocenters. The fourth-order valence-corrected chi connectivity index (χ4v) is 4.97. The van der Waals surface area contributed by atoms with Crippen LogP contribution in [0.3, 0.4) is 0 Å². The molecule has 0 spiro atoms. The molecule has 180 valence electrons. The third kappa shape index (κ3) is 5.61. The second-order valence-corrected chi connectivity index (χ2v) is 10.0. The molecular weight excluding hydrogens is 452 g/mol. The molecule has 34 heavy (non-hydrogen) atoms. The van der Waals surface area contributed by atoms with Crippen LogP contribution >= 0.6 is 11.3 Å². The predicted octanol–water partition coefficient (Wildman–Crippen LogP) is 2.22. The lowest BCUT2D eigenvalue weighted by atomic mass is 9.97. The summed E-state index contributed by atoms with van der Waals surface area (Å²) in [5, 5.41) is 6.51. The van der Waals surface area contributed by atoms with Crippen LogP contribution in [0.5, 0.6) is 0 Å². The summed E-state index contributed by atoms with van der Waals surface area (Å²) >= 11 is 1.27. The summed E-state index contributed by atoms with van der Waals surface area (Å²) in [6.45, 7) is 7.54. The first-order chi connectivity index (χ1) is 16.3. The van der Waals surface area contributed by atoms with Gasteiger partial charge in [0, 0.05) is 25.7 Å². The van der Waals surface area contributed by atoms with Gasteiger partial charge in [-0.15, -0.1) is 0 Å². The number of piperidine rings is 1. The van der Waals surface area contributed by atoms with Crippen molar-refractivity contribution in [1.82, 2.24) is 25.2 Å². The first kappa shape index (κ1) is 23.9. The lowest BCUT2D eigenvalue weighted by Crippen LogP contribution is -2.44. The van der Waals surface area contributed by atoms with E-state index in [1.807, 2.05) is 45.0 Å². The molecule has 0 saturated carbocycles. The van der Waals surface area contributed by atoms with Gasteiger partial charge in [-0.05, 0) is 39.2 Å². The van der Waals surface area contributed by atoms with Gasteiger partial charge in [0.1, 0.15) is 17.6 Å². The van der Waals surface area contributed by atoms with E-state index in [9.17, 15) is 14.4 Å². The smallest absolute Gasteiger partial charge is 0.273 e. The number of aromatic nitrogens is 3. The second-order valence-electron chi connectivity index (χ2n) is 9.04. The largest absolute Gasteiger partial charge is 0.354 e. The fourth-order valence-electron chi connectivity index (χ4n) is 3.97. The van der Waals surface area contributed by atoms with Crippen molar-refractivity contribution in [1.29, 1.82) is 0 Å². The Balaban J connectivity index is 1.43. The van der Waals surface area contributed by atoms with Crippen LogP contribution in [0.15, 0.2) is 35.4 Å².